The van der Waals surface area contributed by atoms with Gasteiger partial charge < -0.3 is 14.8 Å². The summed E-state index contributed by atoms with van der Waals surface area (Å²) in [7, 11) is 3.17. The van der Waals surface area contributed by atoms with Crippen molar-refractivity contribution in [1.29, 1.82) is 0 Å². The van der Waals surface area contributed by atoms with Crippen LogP contribution in [0.5, 0.6) is 5.75 Å². The topological polar surface area (TPSA) is 85.7 Å². The second kappa shape index (κ2) is 12.4. The van der Waals surface area contributed by atoms with Gasteiger partial charge in [0.1, 0.15) is 23.9 Å². The molecule has 5 rings (SSSR count). The van der Waals surface area contributed by atoms with Crippen molar-refractivity contribution in [3.8, 4) is 22.7 Å². The van der Waals surface area contributed by atoms with Gasteiger partial charge in [-0.05, 0) is 30.3 Å². The second-order valence-electron chi connectivity index (χ2n) is 9.10. The molecule has 40 heavy (non-hydrogen) atoms. The van der Waals surface area contributed by atoms with Gasteiger partial charge in [-0.25, -0.2) is 9.07 Å². The molecule has 0 bridgehead atoms. The number of nitrogens with one attached hydrogen (secondary N) is 1. The highest BCUT2D eigenvalue weighted by Gasteiger charge is 2.38. The third kappa shape index (κ3) is 5.59. The Hall–Kier alpha value is -4.15. The minimum absolute atomic E-state index is 0.125. The summed E-state index contributed by atoms with van der Waals surface area (Å²) < 4.78 is 26.3. The van der Waals surface area contributed by atoms with E-state index in [0.717, 1.165) is 16.7 Å². The maximum atomic E-state index is 13.9. The van der Waals surface area contributed by atoms with E-state index in [2.05, 4.69) is 5.32 Å². The minimum Gasteiger partial charge on any atom is -0.496 e. The molecule has 0 radical (unpaired) electrons. The fourth-order valence-corrected chi connectivity index (χ4v) is 5.93. The first-order chi connectivity index (χ1) is 19.5. The first-order valence-electron chi connectivity index (χ1n) is 12.8. The van der Waals surface area contributed by atoms with E-state index in [1.165, 1.54) is 28.8 Å². The van der Waals surface area contributed by atoms with Gasteiger partial charge in [-0.1, -0.05) is 48.5 Å². The number of halogens is 1. The van der Waals surface area contributed by atoms with Gasteiger partial charge in [0.05, 0.1) is 36.1 Å². The Labute approximate surface area is 236 Å². The molecule has 0 spiro atoms. The molecule has 1 aromatic heterocycles. The standard InChI is InChI=1S/C30H29FN4O4S/c1-38-17-16-32-25(36)18-34-26(37)19-40-29(23-10-6-7-11-24(23)39-2)27-28(20-8-4-3-5-9-20)33-35(30(27)34)22-14-12-21(31)13-15-22/h3-15,29H,16-19H2,1-2H3,(H,32,36)/t29-/m0/s1. The number of anilines is 1. The van der Waals surface area contributed by atoms with Crippen LogP contribution in [0.3, 0.4) is 0 Å². The molecular weight excluding hydrogens is 531 g/mol. The average Bonchev–Trinajstić information content (AvgIpc) is 3.30. The Morgan fingerprint density at radius 3 is 2.50 bits per heavy atom. The van der Waals surface area contributed by atoms with Gasteiger partial charge in [0.15, 0.2) is 0 Å². The molecule has 206 valence electrons. The van der Waals surface area contributed by atoms with Crippen molar-refractivity contribution in [3.05, 3.63) is 95.8 Å². The van der Waals surface area contributed by atoms with E-state index < -0.39 is 5.82 Å². The number of carbonyl (C=O) groups excluding carboxylic acids is 2. The molecule has 2 heterocycles. The number of aromatic nitrogens is 2. The molecule has 0 saturated heterocycles. The van der Waals surface area contributed by atoms with Crippen molar-refractivity contribution in [2.45, 2.75) is 5.25 Å². The summed E-state index contributed by atoms with van der Waals surface area (Å²) in [6.45, 7) is 0.452. The number of amides is 2. The number of methoxy groups -OCH3 is 2. The van der Waals surface area contributed by atoms with Crippen LogP contribution >= 0.6 is 11.8 Å². The number of hydrogen-bond donors (Lipinski definition) is 1. The van der Waals surface area contributed by atoms with E-state index in [0.29, 0.717) is 36.1 Å². The van der Waals surface area contributed by atoms with E-state index in [1.807, 2.05) is 54.6 Å². The first kappa shape index (κ1) is 27.4. The fourth-order valence-electron chi connectivity index (χ4n) is 4.71. The maximum Gasteiger partial charge on any atom is 0.240 e. The first-order valence-corrected chi connectivity index (χ1v) is 13.8. The Morgan fingerprint density at radius 1 is 1.05 bits per heavy atom. The van der Waals surface area contributed by atoms with Gasteiger partial charge in [0.2, 0.25) is 11.8 Å². The predicted octanol–water partition coefficient (Wildman–Crippen LogP) is 4.62. The number of hydrogen-bond acceptors (Lipinski definition) is 6. The molecule has 0 fully saturated rings. The lowest BCUT2D eigenvalue weighted by Gasteiger charge is -2.23. The molecule has 2 amide bonds. The van der Waals surface area contributed by atoms with E-state index in [1.54, 1.807) is 31.0 Å². The summed E-state index contributed by atoms with van der Waals surface area (Å²) in [6.07, 6.45) is 0. The lowest BCUT2D eigenvalue weighted by atomic mass is 9.99. The van der Waals surface area contributed by atoms with Crippen LogP contribution in [-0.2, 0) is 14.3 Å². The molecule has 0 unspecified atom stereocenters. The predicted molar refractivity (Wildman–Crippen MR) is 153 cm³/mol. The fraction of sp³-hybridized carbons (Fsp3) is 0.233. The maximum absolute atomic E-state index is 13.9. The molecule has 3 aromatic carbocycles. The van der Waals surface area contributed by atoms with Gasteiger partial charge in [0, 0.05) is 30.3 Å². The smallest absolute Gasteiger partial charge is 0.240 e. The number of para-hydroxylation sites is 1. The lowest BCUT2D eigenvalue weighted by Crippen LogP contribution is -2.43. The highest BCUT2D eigenvalue weighted by molar-refractivity contribution is 8.00. The van der Waals surface area contributed by atoms with Crippen LogP contribution in [0.2, 0.25) is 0 Å². The van der Waals surface area contributed by atoms with Crippen LogP contribution < -0.4 is 15.0 Å². The van der Waals surface area contributed by atoms with Crippen LogP contribution in [0.1, 0.15) is 16.4 Å². The van der Waals surface area contributed by atoms with Crippen LogP contribution in [0.15, 0.2) is 78.9 Å². The summed E-state index contributed by atoms with van der Waals surface area (Å²) in [6, 6.07) is 23.3. The number of rotatable bonds is 9. The molecular formula is C30H29FN4O4S. The zero-order chi connectivity index (χ0) is 28.1. The molecule has 1 N–H and O–H groups in total. The normalized spacial score (nSPS) is 14.9. The van der Waals surface area contributed by atoms with E-state index in [-0.39, 0.29) is 29.4 Å². The number of fused-ring (bicyclic) bond motifs is 1. The molecule has 1 atom stereocenters. The second-order valence-corrected chi connectivity index (χ2v) is 10.2. The van der Waals surface area contributed by atoms with Crippen LogP contribution in [-0.4, -0.2) is 61.3 Å². The number of nitrogens with zero attached hydrogens (tertiary/aromatic N) is 3. The number of ether oxygens (including phenoxy) is 2. The molecule has 1 aliphatic heterocycles. The average molecular weight is 561 g/mol. The Bertz CT molecular complexity index is 1490. The van der Waals surface area contributed by atoms with Crippen molar-refractivity contribution in [2.24, 2.45) is 0 Å². The summed E-state index contributed by atoms with van der Waals surface area (Å²) in [5.41, 5.74) is 3.71. The summed E-state index contributed by atoms with van der Waals surface area (Å²) in [5, 5.41) is 7.46. The van der Waals surface area contributed by atoms with E-state index in [9.17, 15) is 14.0 Å². The van der Waals surface area contributed by atoms with Gasteiger partial charge in [-0.3, -0.25) is 14.5 Å². The zero-order valence-electron chi connectivity index (χ0n) is 22.2. The van der Waals surface area contributed by atoms with E-state index >= 15 is 0 Å². The number of benzene rings is 3. The van der Waals surface area contributed by atoms with Crippen molar-refractivity contribution in [1.82, 2.24) is 15.1 Å². The molecule has 10 heteroatoms. The SMILES string of the molecule is COCCNC(=O)CN1C(=O)CS[C@@H](c2ccccc2OC)c2c(-c3ccccc3)nn(-c3ccc(F)cc3)c21. The van der Waals surface area contributed by atoms with Crippen LogP contribution in [0.4, 0.5) is 10.2 Å². The van der Waals surface area contributed by atoms with Gasteiger partial charge >= 0.3 is 0 Å². The molecule has 1 aliphatic rings. The molecule has 0 aliphatic carbocycles. The zero-order valence-corrected chi connectivity index (χ0v) is 23.0. The van der Waals surface area contributed by atoms with Crippen molar-refractivity contribution < 1.29 is 23.5 Å². The summed E-state index contributed by atoms with van der Waals surface area (Å²) in [4.78, 5) is 28.2. The highest BCUT2D eigenvalue weighted by Crippen LogP contribution is 2.50. The van der Waals surface area contributed by atoms with Crippen LogP contribution in [0, 0.1) is 5.82 Å². The summed E-state index contributed by atoms with van der Waals surface area (Å²) in [5.74, 6) is 0.299. The van der Waals surface area contributed by atoms with Gasteiger partial charge in [-0.15, -0.1) is 11.8 Å². The van der Waals surface area contributed by atoms with Crippen LogP contribution in [0.25, 0.3) is 16.9 Å². The molecule has 4 aromatic rings. The summed E-state index contributed by atoms with van der Waals surface area (Å²) >= 11 is 1.45. The Morgan fingerprint density at radius 2 is 1.77 bits per heavy atom. The van der Waals surface area contributed by atoms with E-state index in [4.69, 9.17) is 14.6 Å². The van der Waals surface area contributed by atoms with Gasteiger partial charge in [0.25, 0.3) is 0 Å². The number of thioether (sulfide) groups is 1. The Balaban J connectivity index is 1.76. The molecule has 8 nitrogen and oxygen atoms in total. The highest BCUT2D eigenvalue weighted by atomic mass is 32.2. The lowest BCUT2D eigenvalue weighted by molar-refractivity contribution is -0.123. The van der Waals surface area contributed by atoms with Crippen molar-refractivity contribution in [3.63, 3.8) is 0 Å². The number of carbonyl (C=O) groups is 2. The molecule has 0 saturated carbocycles. The monoisotopic (exact) mass is 560 g/mol. The van der Waals surface area contributed by atoms with Crippen molar-refractivity contribution >= 4 is 29.4 Å². The minimum atomic E-state index is -0.391. The van der Waals surface area contributed by atoms with Crippen molar-refractivity contribution in [2.75, 3.05) is 44.6 Å². The quantitative estimate of drug-likeness (QED) is 0.301. The third-order valence-electron chi connectivity index (χ3n) is 6.56. The Kier molecular flexibility index (Phi) is 8.47. The third-order valence-corrected chi connectivity index (χ3v) is 7.80. The van der Waals surface area contributed by atoms with Gasteiger partial charge in [-0.2, -0.15) is 5.10 Å². The largest absolute Gasteiger partial charge is 0.496 e.